The minimum Gasteiger partial charge on any atom is -0.493 e. The van der Waals surface area contributed by atoms with Crippen LogP contribution in [0.15, 0.2) is 48.5 Å². The van der Waals surface area contributed by atoms with E-state index >= 15 is 0 Å². The van der Waals surface area contributed by atoms with Gasteiger partial charge in [0.15, 0.2) is 0 Å². The maximum Gasteiger partial charge on any atom is 0.126 e. The summed E-state index contributed by atoms with van der Waals surface area (Å²) in [5.74, 6) is 1.49. The fourth-order valence-corrected chi connectivity index (χ4v) is 3.09. The highest BCUT2D eigenvalue weighted by Crippen LogP contribution is 2.25. The van der Waals surface area contributed by atoms with Gasteiger partial charge < -0.3 is 4.74 Å². The second-order valence-corrected chi connectivity index (χ2v) is 6.22. The lowest BCUT2D eigenvalue weighted by atomic mass is 10.2. The molecule has 0 unspecified atom stereocenters. The molecule has 0 radical (unpaired) electrons. The fourth-order valence-electron chi connectivity index (χ4n) is 2.11. The van der Waals surface area contributed by atoms with Gasteiger partial charge in [-0.2, -0.15) is 0 Å². The predicted molar refractivity (Wildman–Crippen MR) is 95.8 cm³/mol. The number of aromatic nitrogens is 1. The summed E-state index contributed by atoms with van der Waals surface area (Å²) in [6, 6.07) is 16.2. The topological polar surface area (TPSA) is 22.1 Å². The molecule has 0 saturated carbocycles. The Balaban J connectivity index is 1.79. The average molecular weight is 330 g/mol. The van der Waals surface area contributed by atoms with Crippen LogP contribution in [0.4, 0.5) is 0 Å². The van der Waals surface area contributed by atoms with E-state index in [2.05, 4.69) is 11.1 Å². The molecule has 3 rings (SSSR count). The number of nitrogens with zero attached hydrogens (tertiary/aromatic N) is 1. The Bertz CT molecular complexity index is 748. The van der Waals surface area contributed by atoms with Crippen molar-refractivity contribution in [3.63, 3.8) is 0 Å². The minimum absolute atomic E-state index is 0.615. The summed E-state index contributed by atoms with van der Waals surface area (Å²) in [5.41, 5.74) is 2.09. The molecule has 22 heavy (non-hydrogen) atoms. The molecule has 3 aromatic rings. The van der Waals surface area contributed by atoms with Crippen molar-refractivity contribution in [2.75, 3.05) is 12.5 Å². The summed E-state index contributed by atoms with van der Waals surface area (Å²) < 4.78 is 6.97. The first kappa shape index (κ1) is 15.1. The van der Waals surface area contributed by atoms with Gasteiger partial charge in [-0.05, 0) is 36.8 Å². The number of benzene rings is 2. The normalized spacial score (nSPS) is 11.3. The zero-order valence-corrected chi connectivity index (χ0v) is 13.6. The molecule has 0 bridgehead atoms. The predicted octanol–water partition coefficient (Wildman–Crippen LogP) is 5.47. The van der Waals surface area contributed by atoms with E-state index in [0.29, 0.717) is 12.5 Å². The minimum atomic E-state index is 0.615. The van der Waals surface area contributed by atoms with Crippen molar-refractivity contribution in [3.8, 4) is 5.75 Å². The van der Waals surface area contributed by atoms with Gasteiger partial charge in [0.2, 0.25) is 0 Å². The SMILES string of the molecule is ClCCCOc1ccccc1/C=C/c1nc2ccccc2s1. The number of ether oxygens (including phenoxy) is 1. The number of fused-ring (bicyclic) bond motifs is 1. The first-order valence-electron chi connectivity index (χ1n) is 7.18. The summed E-state index contributed by atoms with van der Waals surface area (Å²) in [6.07, 6.45) is 4.93. The second-order valence-electron chi connectivity index (χ2n) is 4.78. The summed E-state index contributed by atoms with van der Waals surface area (Å²) in [6.45, 7) is 0.634. The van der Waals surface area contributed by atoms with Gasteiger partial charge in [-0.3, -0.25) is 0 Å². The van der Waals surface area contributed by atoms with Crippen molar-refractivity contribution >= 4 is 45.3 Å². The molecule has 0 saturated heterocycles. The fraction of sp³-hybridized carbons (Fsp3) is 0.167. The van der Waals surface area contributed by atoms with E-state index < -0.39 is 0 Å². The highest BCUT2D eigenvalue weighted by atomic mass is 35.5. The molecule has 2 nitrogen and oxygen atoms in total. The number of halogens is 1. The van der Waals surface area contributed by atoms with Crippen LogP contribution in [0.25, 0.3) is 22.4 Å². The van der Waals surface area contributed by atoms with E-state index in [4.69, 9.17) is 16.3 Å². The Hall–Kier alpha value is -1.84. The van der Waals surface area contributed by atoms with E-state index in [-0.39, 0.29) is 0 Å². The zero-order valence-electron chi connectivity index (χ0n) is 12.0. The monoisotopic (exact) mass is 329 g/mol. The zero-order chi connectivity index (χ0) is 15.2. The Morgan fingerprint density at radius 3 is 2.73 bits per heavy atom. The molecule has 0 N–H and O–H groups in total. The molecule has 0 aliphatic carbocycles. The van der Waals surface area contributed by atoms with Crippen molar-refractivity contribution in [2.24, 2.45) is 0 Å². The number of rotatable bonds is 6. The van der Waals surface area contributed by atoms with Crippen LogP contribution in [0.1, 0.15) is 17.0 Å². The van der Waals surface area contributed by atoms with Crippen molar-refractivity contribution in [1.82, 2.24) is 4.98 Å². The van der Waals surface area contributed by atoms with Crippen LogP contribution in [-0.2, 0) is 0 Å². The van der Waals surface area contributed by atoms with E-state index in [1.165, 1.54) is 4.70 Å². The molecule has 1 aromatic heterocycles. The first-order chi connectivity index (χ1) is 10.9. The maximum absolute atomic E-state index is 5.77. The van der Waals surface area contributed by atoms with Gasteiger partial charge in [0, 0.05) is 11.4 Å². The summed E-state index contributed by atoms with van der Waals surface area (Å²) in [7, 11) is 0. The average Bonchev–Trinajstić information content (AvgIpc) is 2.97. The number of hydrogen-bond acceptors (Lipinski definition) is 3. The third-order valence-electron chi connectivity index (χ3n) is 3.17. The summed E-state index contributed by atoms with van der Waals surface area (Å²) >= 11 is 7.37. The molecule has 0 aliphatic rings. The van der Waals surface area contributed by atoms with Crippen LogP contribution >= 0.6 is 22.9 Å². The third-order valence-corrected chi connectivity index (χ3v) is 4.44. The highest BCUT2D eigenvalue weighted by Gasteiger charge is 2.02. The summed E-state index contributed by atoms with van der Waals surface area (Å²) in [4.78, 5) is 4.61. The number of thiazole rings is 1. The molecule has 0 fully saturated rings. The molecule has 0 spiro atoms. The molecular weight excluding hydrogens is 314 g/mol. The van der Waals surface area contributed by atoms with Crippen LogP contribution in [0.3, 0.4) is 0 Å². The van der Waals surface area contributed by atoms with E-state index in [1.54, 1.807) is 11.3 Å². The van der Waals surface area contributed by atoms with Gasteiger partial charge in [-0.15, -0.1) is 22.9 Å². The summed E-state index contributed by atoms with van der Waals surface area (Å²) in [5, 5.41) is 0.997. The van der Waals surface area contributed by atoms with Gasteiger partial charge in [0.1, 0.15) is 10.8 Å². The van der Waals surface area contributed by atoms with Crippen LogP contribution in [0.5, 0.6) is 5.75 Å². The van der Waals surface area contributed by atoms with Crippen LogP contribution in [-0.4, -0.2) is 17.5 Å². The molecular formula is C18H16ClNOS. The largest absolute Gasteiger partial charge is 0.493 e. The molecule has 4 heteroatoms. The molecule has 1 heterocycles. The molecule has 112 valence electrons. The van der Waals surface area contributed by atoms with Gasteiger partial charge in [0.25, 0.3) is 0 Å². The smallest absolute Gasteiger partial charge is 0.126 e. The Morgan fingerprint density at radius 1 is 1.05 bits per heavy atom. The Labute approximate surface area is 139 Å². The van der Waals surface area contributed by atoms with Crippen molar-refractivity contribution in [3.05, 3.63) is 59.1 Å². The Kier molecular flexibility index (Phi) is 5.09. The van der Waals surface area contributed by atoms with Crippen LogP contribution in [0.2, 0.25) is 0 Å². The van der Waals surface area contributed by atoms with Crippen LogP contribution in [0, 0.1) is 0 Å². The standard InChI is InChI=1S/C18H16ClNOS/c19-12-5-13-21-16-8-3-1-6-14(16)10-11-18-20-15-7-2-4-9-17(15)22-18/h1-4,6-11H,5,12-13H2/b11-10+. The first-order valence-corrected chi connectivity index (χ1v) is 8.53. The number of alkyl halides is 1. The highest BCUT2D eigenvalue weighted by molar-refractivity contribution is 7.19. The second kappa shape index (κ2) is 7.43. The number of para-hydroxylation sites is 2. The van der Waals surface area contributed by atoms with Gasteiger partial charge >= 0.3 is 0 Å². The molecule has 0 atom stereocenters. The van der Waals surface area contributed by atoms with Crippen LogP contribution < -0.4 is 4.74 Å². The van der Waals surface area contributed by atoms with Crippen molar-refractivity contribution in [2.45, 2.75) is 6.42 Å². The van der Waals surface area contributed by atoms with Gasteiger partial charge in [-0.1, -0.05) is 30.3 Å². The van der Waals surface area contributed by atoms with Crippen molar-refractivity contribution < 1.29 is 4.74 Å². The quantitative estimate of drug-likeness (QED) is 0.441. The van der Waals surface area contributed by atoms with Gasteiger partial charge in [0.05, 0.1) is 16.8 Å². The van der Waals surface area contributed by atoms with E-state index in [0.717, 1.165) is 28.3 Å². The molecule has 0 amide bonds. The Morgan fingerprint density at radius 2 is 1.86 bits per heavy atom. The number of hydrogen-bond donors (Lipinski definition) is 0. The van der Waals surface area contributed by atoms with Gasteiger partial charge in [-0.25, -0.2) is 4.98 Å². The lowest BCUT2D eigenvalue weighted by molar-refractivity contribution is 0.317. The molecule has 0 aliphatic heterocycles. The third kappa shape index (κ3) is 3.67. The van der Waals surface area contributed by atoms with E-state index in [1.807, 2.05) is 54.6 Å². The van der Waals surface area contributed by atoms with Crippen molar-refractivity contribution in [1.29, 1.82) is 0 Å². The maximum atomic E-state index is 5.77. The lowest BCUT2D eigenvalue weighted by Crippen LogP contribution is -1.98. The lowest BCUT2D eigenvalue weighted by Gasteiger charge is -2.07. The van der Waals surface area contributed by atoms with E-state index in [9.17, 15) is 0 Å². The molecule has 2 aromatic carbocycles.